The van der Waals surface area contributed by atoms with Gasteiger partial charge in [-0.15, -0.1) is 0 Å². The molecule has 0 radical (unpaired) electrons. The number of nitrogens with one attached hydrogen (secondary N) is 1. The van der Waals surface area contributed by atoms with Gasteiger partial charge < -0.3 is 11.1 Å². The Balaban J connectivity index is 2.01. The maximum Gasteiger partial charge on any atom is 0.251 e. The zero-order valence-electron chi connectivity index (χ0n) is 12.9. The van der Waals surface area contributed by atoms with Gasteiger partial charge in [0.15, 0.2) is 0 Å². The van der Waals surface area contributed by atoms with Crippen molar-refractivity contribution in [3.8, 4) is 0 Å². The van der Waals surface area contributed by atoms with E-state index in [1.165, 1.54) is 32.1 Å². The van der Waals surface area contributed by atoms with Gasteiger partial charge in [0, 0.05) is 22.3 Å². The summed E-state index contributed by atoms with van der Waals surface area (Å²) in [5.74, 6) is 0.638. The van der Waals surface area contributed by atoms with Gasteiger partial charge in [0.25, 0.3) is 5.91 Å². The van der Waals surface area contributed by atoms with E-state index in [0.29, 0.717) is 22.6 Å². The molecule has 1 aliphatic rings. The Labute approximate surface area is 135 Å². The van der Waals surface area contributed by atoms with Crippen LogP contribution in [-0.2, 0) is 0 Å². The SMILES string of the molecule is CC(C)CC1(CNC(=O)c2cc(N)cc(Br)c2)CCCC1. The second-order valence-corrected chi connectivity index (χ2v) is 7.68. The van der Waals surface area contributed by atoms with E-state index >= 15 is 0 Å². The largest absolute Gasteiger partial charge is 0.399 e. The van der Waals surface area contributed by atoms with Crippen LogP contribution < -0.4 is 11.1 Å². The zero-order chi connectivity index (χ0) is 15.5. The molecule has 1 aromatic rings. The Morgan fingerprint density at radius 1 is 1.33 bits per heavy atom. The lowest BCUT2D eigenvalue weighted by atomic mass is 9.78. The minimum Gasteiger partial charge on any atom is -0.399 e. The summed E-state index contributed by atoms with van der Waals surface area (Å²) in [5, 5.41) is 3.13. The fraction of sp³-hybridized carbons (Fsp3) is 0.588. The fourth-order valence-electron chi connectivity index (χ4n) is 3.56. The highest BCUT2D eigenvalue weighted by atomic mass is 79.9. The third kappa shape index (κ3) is 4.47. The molecule has 1 saturated carbocycles. The molecule has 3 N–H and O–H groups in total. The highest BCUT2D eigenvalue weighted by Crippen LogP contribution is 2.42. The average molecular weight is 353 g/mol. The number of amides is 1. The average Bonchev–Trinajstić information content (AvgIpc) is 2.83. The van der Waals surface area contributed by atoms with Crippen molar-refractivity contribution in [1.29, 1.82) is 0 Å². The van der Waals surface area contributed by atoms with Gasteiger partial charge in [-0.25, -0.2) is 0 Å². The molecule has 1 amide bonds. The van der Waals surface area contributed by atoms with Crippen LogP contribution in [0.2, 0.25) is 0 Å². The zero-order valence-corrected chi connectivity index (χ0v) is 14.5. The first-order chi connectivity index (χ1) is 9.90. The first-order valence-corrected chi connectivity index (χ1v) is 8.54. The topological polar surface area (TPSA) is 55.1 Å². The minimum atomic E-state index is -0.0296. The highest BCUT2D eigenvalue weighted by Gasteiger charge is 2.34. The summed E-state index contributed by atoms with van der Waals surface area (Å²) in [6.45, 7) is 5.30. The molecular formula is C17H25BrN2O. The molecule has 0 bridgehead atoms. The molecule has 0 spiro atoms. The van der Waals surface area contributed by atoms with Crippen molar-refractivity contribution in [3.63, 3.8) is 0 Å². The van der Waals surface area contributed by atoms with Crippen molar-refractivity contribution in [2.75, 3.05) is 12.3 Å². The molecule has 2 rings (SSSR count). The molecule has 0 heterocycles. The van der Waals surface area contributed by atoms with Crippen LogP contribution >= 0.6 is 15.9 Å². The van der Waals surface area contributed by atoms with E-state index in [9.17, 15) is 4.79 Å². The van der Waals surface area contributed by atoms with E-state index < -0.39 is 0 Å². The molecule has 4 heteroatoms. The third-order valence-electron chi connectivity index (χ3n) is 4.31. The lowest BCUT2D eigenvalue weighted by Crippen LogP contribution is -2.36. The minimum absolute atomic E-state index is 0.0296. The Bertz CT molecular complexity index is 487. The van der Waals surface area contributed by atoms with Crippen LogP contribution in [-0.4, -0.2) is 12.5 Å². The number of carbonyl (C=O) groups is 1. The fourth-order valence-corrected chi connectivity index (χ4v) is 4.07. The Kier molecular flexibility index (Phi) is 5.31. The molecule has 21 heavy (non-hydrogen) atoms. The number of hydrogen-bond donors (Lipinski definition) is 2. The first-order valence-electron chi connectivity index (χ1n) is 7.74. The molecule has 0 unspecified atom stereocenters. The van der Waals surface area contributed by atoms with Crippen molar-refractivity contribution in [3.05, 3.63) is 28.2 Å². The number of rotatable bonds is 5. The first kappa shape index (κ1) is 16.3. The van der Waals surface area contributed by atoms with Crippen LogP contribution in [0.5, 0.6) is 0 Å². The molecule has 0 saturated heterocycles. The molecule has 0 aromatic heterocycles. The standard InChI is InChI=1S/C17H25BrN2O/c1-12(2)10-17(5-3-4-6-17)11-20-16(21)13-7-14(18)9-15(19)8-13/h7-9,12H,3-6,10-11,19H2,1-2H3,(H,20,21). The predicted octanol–water partition coefficient (Wildman–Crippen LogP) is 4.37. The summed E-state index contributed by atoms with van der Waals surface area (Å²) < 4.78 is 0.838. The van der Waals surface area contributed by atoms with E-state index in [4.69, 9.17) is 5.73 Å². The van der Waals surface area contributed by atoms with Gasteiger partial charge in [0.2, 0.25) is 0 Å². The number of nitrogens with two attached hydrogens (primary N) is 1. The normalized spacial score (nSPS) is 17.1. The lowest BCUT2D eigenvalue weighted by Gasteiger charge is -2.31. The van der Waals surface area contributed by atoms with E-state index in [-0.39, 0.29) is 5.91 Å². The lowest BCUT2D eigenvalue weighted by molar-refractivity contribution is 0.0922. The molecular weight excluding hydrogens is 328 g/mol. The van der Waals surface area contributed by atoms with Crippen molar-refractivity contribution in [2.24, 2.45) is 11.3 Å². The van der Waals surface area contributed by atoms with Crippen molar-refractivity contribution in [2.45, 2.75) is 46.0 Å². The van der Waals surface area contributed by atoms with Gasteiger partial charge in [-0.1, -0.05) is 42.6 Å². The molecule has 0 aliphatic heterocycles. The quantitative estimate of drug-likeness (QED) is 0.773. The number of anilines is 1. The predicted molar refractivity (Wildman–Crippen MR) is 91.2 cm³/mol. The number of halogens is 1. The van der Waals surface area contributed by atoms with Gasteiger partial charge >= 0.3 is 0 Å². The van der Waals surface area contributed by atoms with Crippen LogP contribution in [0.3, 0.4) is 0 Å². The molecule has 1 aliphatic carbocycles. The number of benzene rings is 1. The summed E-state index contributed by atoms with van der Waals surface area (Å²) >= 11 is 3.38. The van der Waals surface area contributed by atoms with Gasteiger partial charge in [-0.3, -0.25) is 4.79 Å². The third-order valence-corrected chi connectivity index (χ3v) is 4.77. The summed E-state index contributed by atoms with van der Waals surface area (Å²) in [5.41, 5.74) is 7.32. The molecule has 0 atom stereocenters. The molecule has 3 nitrogen and oxygen atoms in total. The van der Waals surface area contributed by atoms with Crippen LogP contribution in [0.1, 0.15) is 56.3 Å². The van der Waals surface area contributed by atoms with E-state index in [1.54, 1.807) is 12.1 Å². The maximum atomic E-state index is 12.3. The number of hydrogen-bond acceptors (Lipinski definition) is 2. The summed E-state index contributed by atoms with van der Waals surface area (Å²) in [4.78, 5) is 12.3. The Hall–Kier alpha value is -1.03. The van der Waals surface area contributed by atoms with Gasteiger partial charge in [-0.2, -0.15) is 0 Å². The number of carbonyl (C=O) groups excluding carboxylic acids is 1. The van der Waals surface area contributed by atoms with Crippen LogP contribution in [0.15, 0.2) is 22.7 Å². The van der Waals surface area contributed by atoms with E-state index in [2.05, 4.69) is 35.1 Å². The van der Waals surface area contributed by atoms with Gasteiger partial charge in [-0.05, 0) is 48.8 Å². The monoisotopic (exact) mass is 352 g/mol. The van der Waals surface area contributed by atoms with Crippen molar-refractivity contribution >= 4 is 27.5 Å². The van der Waals surface area contributed by atoms with Crippen LogP contribution in [0.4, 0.5) is 5.69 Å². The van der Waals surface area contributed by atoms with Crippen molar-refractivity contribution in [1.82, 2.24) is 5.32 Å². The van der Waals surface area contributed by atoms with Crippen LogP contribution in [0, 0.1) is 11.3 Å². The summed E-state index contributed by atoms with van der Waals surface area (Å²) in [6.07, 6.45) is 6.21. The van der Waals surface area contributed by atoms with Crippen molar-refractivity contribution < 1.29 is 4.79 Å². The van der Waals surface area contributed by atoms with Gasteiger partial charge in [0.05, 0.1) is 0 Å². The van der Waals surface area contributed by atoms with E-state index in [1.807, 2.05) is 6.07 Å². The maximum absolute atomic E-state index is 12.3. The Morgan fingerprint density at radius 2 is 2.00 bits per heavy atom. The second-order valence-electron chi connectivity index (χ2n) is 6.76. The second kappa shape index (κ2) is 6.82. The van der Waals surface area contributed by atoms with E-state index in [0.717, 1.165) is 11.0 Å². The molecule has 116 valence electrons. The number of nitrogen functional groups attached to an aromatic ring is 1. The highest BCUT2D eigenvalue weighted by molar-refractivity contribution is 9.10. The molecule has 1 fully saturated rings. The summed E-state index contributed by atoms with van der Waals surface area (Å²) in [7, 11) is 0. The Morgan fingerprint density at radius 3 is 2.57 bits per heavy atom. The van der Waals surface area contributed by atoms with Crippen LogP contribution in [0.25, 0.3) is 0 Å². The molecule has 1 aromatic carbocycles. The smallest absolute Gasteiger partial charge is 0.251 e. The summed E-state index contributed by atoms with van der Waals surface area (Å²) in [6, 6.07) is 5.34. The van der Waals surface area contributed by atoms with Gasteiger partial charge in [0.1, 0.15) is 0 Å².